The lowest BCUT2D eigenvalue weighted by molar-refractivity contribution is -0.378. The van der Waals surface area contributed by atoms with Crippen LogP contribution in [-0.4, -0.2) is 30.1 Å². The number of allylic oxidation sites excluding steroid dienone is 1. The fraction of sp³-hybridized carbons (Fsp3) is 0.714. The fourth-order valence-electron chi connectivity index (χ4n) is 0.914. The van der Waals surface area contributed by atoms with Gasteiger partial charge in [0, 0.05) is 0 Å². The Balaban J connectivity index is 6.18. The van der Waals surface area contributed by atoms with Crippen LogP contribution in [-0.2, 0) is 0 Å². The van der Waals surface area contributed by atoms with E-state index in [1.165, 1.54) is 0 Å². The zero-order valence-electron chi connectivity index (χ0n) is 7.94. The van der Waals surface area contributed by atoms with Crippen LogP contribution in [0.15, 0.2) is 12.4 Å². The molecule has 0 radical (unpaired) electrons. The zero-order valence-corrected chi connectivity index (χ0v) is 7.94. The highest BCUT2D eigenvalue weighted by molar-refractivity contribution is 5.19. The van der Waals surface area contributed by atoms with E-state index in [0.29, 0.717) is 0 Å². The predicted molar refractivity (Wildman–Crippen MR) is 36.0 cm³/mol. The molecule has 11 heteroatoms. The lowest BCUT2D eigenvalue weighted by Gasteiger charge is -2.38. The molecule has 1 atom stereocenters. The Morgan fingerprint density at radius 3 is 1.33 bits per heavy atom. The summed E-state index contributed by atoms with van der Waals surface area (Å²) in [5.74, 6) is -16.9. The second-order valence-corrected chi connectivity index (χ2v) is 3.06. The van der Waals surface area contributed by atoms with E-state index in [9.17, 15) is 48.3 Å². The quantitative estimate of drug-likeness (QED) is 0.679. The third-order valence-corrected chi connectivity index (χ3v) is 1.90. The number of rotatable bonds is 4. The molecule has 0 spiro atoms. The van der Waals surface area contributed by atoms with Gasteiger partial charge in [0.25, 0.3) is 0 Å². The van der Waals surface area contributed by atoms with Gasteiger partial charge in [-0.1, -0.05) is 6.58 Å². The van der Waals surface area contributed by atoms with Gasteiger partial charge in [0.2, 0.25) is 0 Å². The summed E-state index contributed by atoms with van der Waals surface area (Å²) in [4.78, 5) is 0. The number of hydrogen-bond acceptors (Lipinski definition) is 0. The van der Waals surface area contributed by atoms with Crippen molar-refractivity contribution in [2.75, 3.05) is 0 Å². The Kier molecular flexibility index (Phi) is 4.02. The minimum absolute atomic E-state index is 1.54. The van der Waals surface area contributed by atoms with Gasteiger partial charge in [0.05, 0.1) is 0 Å². The number of hydrogen-bond donors (Lipinski definition) is 0. The SMILES string of the molecule is C=C(F)C(F)(F)C(F)(C(F)(F)F)C(F)(F)C(F)F. The van der Waals surface area contributed by atoms with Crippen LogP contribution in [0, 0.1) is 0 Å². The Hall–Kier alpha value is -1.03. The molecule has 0 aliphatic carbocycles. The molecule has 0 amide bonds. The first-order valence-corrected chi connectivity index (χ1v) is 3.78. The van der Waals surface area contributed by atoms with Crippen LogP contribution in [0.4, 0.5) is 48.3 Å². The fourth-order valence-corrected chi connectivity index (χ4v) is 0.914. The topological polar surface area (TPSA) is 0 Å². The van der Waals surface area contributed by atoms with Crippen molar-refractivity contribution in [1.82, 2.24) is 0 Å². The van der Waals surface area contributed by atoms with Gasteiger partial charge < -0.3 is 0 Å². The molecule has 0 rings (SSSR count). The van der Waals surface area contributed by atoms with Gasteiger partial charge in [-0.05, 0) is 0 Å². The van der Waals surface area contributed by atoms with Crippen molar-refractivity contribution in [3.63, 3.8) is 0 Å². The highest BCUT2D eigenvalue weighted by Crippen LogP contribution is 2.57. The normalized spacial score (nSPS) is 17.8. The summed E-state index contributed by atoms with van der Waals surface area (Å²) in [6, 6.07) is 0. The first-order valence-electron chi connectivity index (χ1n) is 3.78. The summed E-state index contributed by atoms with van der Waals surface area (Å²) in [5.41, 5.74) is -7.12. The van der Waals surface area contributed by atoms with Crippen molar-refractivity contribution in [1.29, 1.82) is 0 Å². The zero-order chi connectivity index (χ0) is 15.2. The highest BCUT2D eigenvalue weighted by Gasteiger charge is 2.86. The third-order valence-electron chi connectivity index (χ3n) is 1.90. The molecule has 0 saturated heterocycles. The molecule has 18 heavy (non-hydrogen) atoms. The lowest BCUT2D eigenvalue weighted by Crippen LogP contribution is -2.68. The summed E-state index contributed by atoms with van der Waals surface area (Å²) in [7, 11) is 0. The van der Waals surface area contributed by atoms with Crippen LogP contribution in [0.5, 0.6) is 0 Å². The molecular formula is C7H3F11. The van der Waals surface area contributed by atoms with Crippen molar-refractivity contribution in [3.05, 3.63) is 12.4 Å². The van der Waals surface area contributed by atoms with Gasteiger partial charge in [0.1, 0.15) is 0 Å². The van der Waals surface area contributed by atoms with Gasteiger partial charge in [0.15, 0.2) is 5.83 Å². The monoisotopic (exact) mass is 296 g/mol. The maximum atomic E-state index is 13.0. The van der Waals surface area contributed by atoms with E-state index in [1.54, 1.807) is 6.58 Å². The molecule has 0 nitrogen and oxygen atoms in total. The summed E-state index contributed by atoms with van der Waals surface area (Å²) in [5, 5.41) is 0. The molecule has 0 aromatic rings. The maximum Gasteiger partial charge on any atom is 0.435 e. The van der Waals surface area contributed by atoms with Crippen LogP contribution in [0.3, 0.4) is 0 Å². The standard InChI is InChI=1S/C7H3F11/c1-2(8)4(11,12)6(15,7(16,17)18)5(13,14)3(9)10/h3H,1H2. The van der Waals surface area contributed by atoms with Crippen molar-refractivity contribution >= 4 is 0 Å². The lowest BCUT2D eigenvalue weighted by atomic mass is 9.88. The molecule has 0 aliphatic heterocycles. The number of halogens is 11. The molecule has 0 saturated carbocycles. The van der Waals surface area contributed by atoms with Crippen LogP contribution >= 0.6 is 0 Å². The van der Waals surface area contributed by atoms with Crippen LogP contribution in [0.2, 0.25) is 0 Å². The van der Waals surface area contributed by atoms with Gasteiger partial charge in [-0.2, -0.15) is 30.7 Å². The molecule has 0 fully saturated rings. The molecule has 0 aromatic heterocycles. The van der Waals surface area contributed by atoms with E-state index in [-0.39, 0.29) is 0 Å². The summed E-state index contributed by atoms with van der Waals surface area (Å²) in [6.45, 7) is 1.54. The molecule has 0 N–H and O–H groups in total. The third kappa shape index (κ3) is 2.03. The molecule has 0 aromatic carbocycles. The smallest absolute Gasteiger partial charge is 0.219 e. The van der Waals surface area contributed by atoms with E-state index in [4.69, 9.17) is 0 Å². The second kappa shape index (κ2) is 4.26. The first-order chi connectivity index (χ1) is 7.64. The Morgan fingerprint density at radius 2 is 1.17 bits per heavy atom. The van der Waals surface area contributed by atoms with Crippen molar-refractivity contribution in [2.24, 2.45) is 0 Å². The van der Waals surface area contributed by atoms with Crippen LogP contribution in [0.1, 0.15) is 0 Å². The predicted octanol–water partition coefficient (Wildman–Crippen LogP) is 4.28. The molecular weight excluding hydrogens is 293 g/mol. The minimum atomic E-state index is -7.16. The molecule has 0 bridgehead atoms. The average molecular weight is 296 g/mol. The maximum absolute atomic E-state index is 13.0. The summed E-state index contributed by atoms with van der Waals surface area (Å²) in [6.07, 6.45) is -12.6. The van der Waals surface area contributed by atoms with E-state index >= 15 is 0 Å². The molecule has 1 unspecified atom stereocenters. The second-order valence-electron chi connectivity index (χ2n) is 3.06. The number of alkyl halides is 10. The highest BCUT2D eigenvalue weighted by atomic mass is 19.4. The summed E-state index contributed by atoms with van der Waals surface area (Å²) < 4.78 is 134. The van der Waals surface area contributed by atoms with E-state index < -0.39 is 35.9 Å². The van der Waals surface area contributed by atoms with Gasteiger partial charge in [-0.15, -0.1) is 0 Å². The summed E-state index contributed by atoms with van der Waals surface area (Å²) >= 11 is 0. The van der Waals surface area contributed by atoms with E-state index in [1.807, 2.05) is 0 Å². The Labute approximate surface area is 92.1 Å². The van der Waals surface area contributed by atoms with Gasteiger partial charge in [-0.25, -0.2) is 17.6 Å². The van der Waals surface area contributed by atoms with Crippen molar-refractivity contribution in [3.8, 4) is 0 Å². The van der Waals surface area contributed by atoms with Crippen LogP contribution in [0.25, 0.3) is 0 Å². The minimum Gasteiger partial charge on any atom is -0.219 e. The van der Waals surface area contributed by atoms with E-state index in [0.717, 1.165) is 0 Å². The van der Waals surface area contributed by atoms with Gasteiger partial charge >= 0.3 is 30.1 Å². The van der Waals surface area contributed by atoms with Crippen LogP contribution < -0.4 is 0 Å². The largest absolute Gasteiger partial charge is 0.435 e. The molecule has 108 valence electrons. The molecule has 0 aliphatic rings. The molecule has 0 heterocycles. The van der Waals surface area contributed by atoms with E-state index in [2.05, 4.69) is 0 Å². The van der Waals surface area contributed by atoms with Gasteiger partial charge in [-0.3, -0.25) is 0 Å². The average Bonchev–Trinajstić information content (AvgIpc) is 2.13. The van der Waals surface area contributed by atoms with Crippen molar-refractivity contribution in [2.45, 2.75) is 30.1 Å². The Morgan fingerprint density at radius 1 is 0.833 bits per heavy atom. The van der Waals surface area contributed by atoms with Crippen molar-refractivity contribution < 1.29 is 48.3 Å². The Bertz CT molecular complexity index is 327. The first kappa shape index (κ1) is 17.0.